The molecule has 23 heavy (non-hydrogen) atoms. The van der Waals surface area contributed by atoms with Gasteiger partial charge in [0.1, 0.15) is 0 Å². The Kier molecular flexibility index (Phi) is 16.7. The predicted octanol–water partition coefficient (Wildman–Crippen LogP) is 4.97. The molecule has 0 unspecified atom stereocenters. The van der Waals surface area contributed by atoms with Crippen molar-refractivity contribution < 1.29 is 15.0 Å². The van der Waals surface area contributed by atoms with E-state index in [1.54, 1.807) is 0 Å². The van der Waals surface area contributed by atoms with Crippen molar-refractivity contribution in [2.24, 2.45) is 0 Å². The number of carboxylic acid groups (broad SMARTS) is 1. The number of hydrogen-bond acceptors (Lipinski definition) is 2. The van der Waals surface area contributed by atoms with E-state index >= 15 is 0 Å². The topological polar surface area (TPSA) is 57.5 Å². The van der Waals surface area contributed by atoms with Gasteiger partial charge < -0.3 is 10.2 Å². The zero-order chi connectivity index (χ0) is 17.0. The fourth-order valence-corrected chi connectivity index (χ4v) is 1.82. The standard InChI is InChI=1S/C20H30O3/c21-19-17-15-13-11-9-7-5-3-1-2-4-6-8-10-12-14-16-18-20(22)23/h1-8,13,15,21H,9-12,14,16-19H2,(H,22,23). The number of allylic oxidation sites excluding steroid dienone is 9. The summed E-state index contributed by atoms with van der Waals surface area (Å²) in [4.78, 5) is 10.3. The van der Waals surface area contributed by atoms with Gasteiger partial charge in [-0.1, -0.05) is 67.2 Å². The van der Waals surface area contributed by atoms with Crippen LogP contribution in [0.3, 0.4) is 0 Å². The molecule has 0 rings (SSSR count). The molecule has 2 N–H and O–H groups in total. The van der Waals surface area contributed by atoms with Crippen molar-refractivity contribution in [1.82, 2.24) is 0 Å². The van der Waals surface area contributed by atoms with E-state index in [0.29, 0.717) is 0 Å². The fraction of sp³-hybridized carbons (Fsp3) is 0.450. The van der Waals surface area contributed by atoms with Gasteiger partial charge in [-0.3, -0.25) is 4.79 Å². The minimum Gasteiger partial charge on any atom is -0.481 e. The van der Waals surface area contributed by atoms with Crippen molar-refractivity contribution in [2.75, 3.05) is 6.61 Å². The highest BCUT2D eigenvalue weighted by Gasteiger charge is 1.94. The summed E-state index contributed by atoms with van der Waals surface area (Å²) in [6.07, 6.45) is 27.2. The summed E-state index contributed by atoms with van der Waals surface area (Å²) in [6, 6.07) is 0. The van der Waals surface area contributed by atoms with Crippen LogP contribution in [0.25, 0.3) is 0 Å². The molecule has 3 nitrogen and oxygen atoms in total. The Bertz CT molecular complexity index is 415. The van der Waals surface area contributed by atoms with Crippen LogP contribution in [0.5, 0.6) is 0 Å². The summed E-state index contributed by atoms with van der Waals surface area (Å²) in [5.41, 5.74) is 0. The molecule has 0 saturated heterocycles. The van der Waals surface area contributed by atoms with Gasteiger partial charge in [0.2, 0.25) is 0 Å². The molecule has 0 aliphatic heterocycles. The lowest BCUT2D eigenvalue weighted by Gasteiger charge is -1.94. The van der Waals surface area contributed by atoms with Crippen LogP contribution in [0.4, 0.5) is 0 Å². The van der Waals surface area contributed by atoms with Gasteiger partial charge in [0.15, 0.2) is 0 Å². The van der Waals surface area contributed by atoms with Crippen molar-refractivity contribution in [1.29, 1.82) is 0 Å². The second-order valence-electron chi connectivity index (χ2n) is 5.18. The lowest BCUT2D eigenvalue weighted by molar-refractivity contribution is -0.137. The Morgan fingerprint density at radius 1 is 0.652 bits per heavy atom. The van der Waals surface area contributed by atoms with Gasteiger partial charge in [-0.2, -0.15) is 0 Å². The van der Waals surface area contributed by atoms with Crippen LogP contribution in [0.15, 0.2) is 60.8 Å². The summed E-state index contributed by atoms with van der Waals surface area (Å²) in [7, 11) is 0. The summed E-state index contributed by atoms with van der Waals surface area (Å²) >= 11 is 0. The van der Waals surface area contributed by atoms with Crippen molar-refractivity contribution in [3.8, 4) is 0 Å². The normalized spacial score (nSPS) is 12.7. The maximum Gasteiger partial charge on any atom is 0.303 e. The second-order valence-corrected chi connectivity index (χ2v) is 5.18. The van der Waals surface area contributed by atoms with E-state index in [4.69, 9.17) is 10.2 Å². The first-order chi connectivity index (χ1) is 11.3. The maximum absolute atomic E-state index is 10.3. The summed E-state index contributed by atoms with van der Waals surface area (Å²) in [6.45, 7) is 0.223. The predicted molar refractivity (Wildman–Crippen MR) is 97.4 cm³/mol. The smallest absolute Gasteiger partial charge is 0.303 e. The van der Waals surface area contributed by atoms with E-state index in [1.165, 1.54) is 0 Å². The molecule has 0 heterocycles. The molecule has 0 amide bonds. The highest BCUT2D eigenvalue weighted by molar-refractivity contribution is 5.66. The molecule has 0 fully saturated rings. The lowest BCUT2D eigenvalue weighted by Crippen LogP contribution is -1.93. The Labute approximate surface area is 140 Å². The Morgan fingerprint density at radius 3 is 1.87 bits per heavy atom. The van der Waals surface area contributed by atoms with Crippen molar-refractivity contribution in [2.45, 2.75) is 51.4 Å². The number of carboxylic acids is 1. The van der Waals surface area contributed by atoms with E-state index in [1.807, 2.05) is 42.5 Å². The molecule has 128 valence electrons. The van der Waals surface area contributed by atoms with Crippen LogP contribution in [-0.4, -0.2) is 22.8 Å². The number of hydrogen-bond donors (Lipinski definition) is 2. The first kappa shape index (κ1) is 21.1. The fourth-order valence-electron chi connectivity index (χ4n) is 1.82. The average molecular weight is 318 g/mol. The third-order valence-corrected chi connectivity index (χ3v) is 3.05. The molecule has 0 atom stereocenters. The first-order valence-electron chi connectivity index (χ1n) is 8.40. The van der Waals surface area contributed by atoms with E-state index in [2.05, 4.69) is 18.2 Å². The number of unbranched alkanes of at least 4 members (excludes halogenated alkanes) is 4. The van der Waals surface area contributed by atoms with Crippen LogP contribution in [-0.2, 0) is 4.79 Å². The molecule has 0 aromatic heterocycles. The van der Waals surface area contributed by atoms with Crippen LogP contribution >= 0.6 is 0 Å². The molecule has 0 aliphatic rings. The van der Waals surface area contributed by atoms with Gasteiger partial charge in [0.05, 0.1) is 0 Å². The Morgan fingerprint density at radius 2 is 1.22 bits per heavy atom. The molecule has 0 spiro atoms. The zero-order valence-electron chi connectivity index (χ0n) is 13.9. The summed E-state index contributed by atoms with van der Waals surface area (Å²) in [5.74, 6) is -0.706. The number of carbonyl (C=O) groups is 1. The first-order valence-corrected chi connectivity index (χ1v) is 8.40. The quantitative estimate of drug-likeness (QED) is 0.270. The molecule has 0 radical (unpaired) electrons. The van der Waals surface area contributed by atoms with E-state index < -0.39 is 5.97 Å². The van der Waals surface area contributed by atoms with Gasteiger partial charge in [0, 0.05) is 13.0 Å². The van der Waals surface area contributed by atoms with Crippen molar-refractivity contribution in [3.05, 3.63) is 60.8 Å². The van der Waals surface area contributed by atoms with Gasteiger partial charge in [0.25, 0.3) is 0 Å². The number of aliphatic hydroxyl groups excluding tert-OH is 1. The van der Waals surface area contributed by atoms with Gasteiger partial charge >= 0.3 is 5.97 Å². The monoisotopic (exact) mass is 318 g/mol. The summed E-state index contributed by atoms with van der Waals surface area (Å²) in [5, 5.41) is 17.1. The second kappa shape index (κ2) is 18.2. The molecule has 0 saturated carbocycles. The highest BCUT2D eigenvalue weighted by Crippen LogP contribution is 2.03. The minimum absolute atomic E-state index is 0.223. The molecular formula is C20H30O3. The molecule has 0 aromatic carbocycles. The Hall–Kier alpha value is -1.87. The van der Waals surface area contributed by atoms with E-state index in [-0.39, 0.29) is 13.0 Å². The largest absolute Gasteiger partial charge is 0.481 e. The van der Waals surface area contributed by atoms with Crippen molar-refractivity contribution in [3.63, 3.8) is 0 Å². The average Bonchev–Trinajstić information content (AvgIpc) is 2.53. The van der Waals surface area contributed by atoms with Gasteiger partial charge in [-0.15, -0.1) is 0 Å². The number of aliphatic carboxylic acids is 1. The highest BCUT2D eigenvalue weighted by atomic mass is 16.4. The summed E-state index contributed by atoms with van der Waals surface area (Å²) < 4.78 is 0. The van der Waals surface area contributed by atoms with Crippen LogP contribution in [0.1, 0.15) is 51.4 Å². The SMILES string of the molecule is O=C(O)CCCCCC=CC=CC=CC=CCCC=CCCO. The lowest BCUT2D eigenvalue weighted by atomic mass is 10.1. The van der Waals surface area contributed by atoms with E-state index in [0.717, 1.165) is 44.9 Å². The molecule has 0 bridgehead atoms. The number of rotatable bonds is 14. The third-order valence-electron chi connectivity index (χ3n) is 3.05. The van der Waals surface area contributed by atoms with Gasteiger partial charge in [-0.25, -0.2) is 0 Å². The van der Waals surface area contributed by atoms with Crippen LogP contribution < -0.4 is 0 Å². The van der Waals surface area contributed by atoms with Crippen molar-refractivity contribution >= 4 is 5.97 Å². The maximum atomic E-state index is 10.3. The van der Waals surface area contributed by atoms with Gasteiger partial charge in [-0.05, 0) is 38.5 Å². The van der Waals surface area contributed by atoms with Crippen LogP contribution in [0.2, 0.25) is 0 Å². The molecule has 3 heteroatoms. The molecular weight excluding hydrogens is 288 g/mol. The number of aliphatic hydroxyl groups is 1. The Balaban J connectivity index is 3.50. The zero-order valence-corrected chi connectivity index (χ0v) is 13.9. The molecule has 0 aliphatic carbocycles. The van der Waals surface area contributed by atoms with Crippen LogP contribution in [0, 0.1) is 0 Å². The van der Waals surface area contributed by atoms with E-state index in [9.17, 15) is 4.79 Å². The molecule has 0 aromatic rings. The minimum atomic E-state index is -0.706. The third kappa shape index (κ3) is 20.1.